The van der Waals surface area contributed by atoms with Gasteiger partial charge in [0.25, 0.3) is 0 Å². The lowest BCUT2D eigenvalue weighted by atomic mass is 9.98. The van der Waals surface area contributed by atoms with Crippen LogP contribution in [0.15, 0.2) is 24.4 Å². The highest BCUT2D eigenvalue weighted by Gasteiger charge is 2.20. The van der Waals surface area contributed by atoms with Gasteiger partial charge < -0.3 is 15.7 Å². The van der Waals surface area contributed by atoms with Crippen LogP contribution < -0.4 is 10.6 Å². The van der Waals surface area contributed by atoms with Crippen LogP contribution in [0.3, 0.4) is 0 Å². The second-order valence-electron chi connectivity index (χ2n) is 5.93. The summed E-state index contributed by atoms with van der Waals surface area (Å²) in [5.41, 5.74) is 5.51. The Balaban J connectivity index is 1.70. The van der Waals surface area contributed by atoms with Crippen LogP contribution in [0.4, 0.5) is 5.82 Å². The van der Waals surface area contributed by atoms with Crippen LogP contribution in [0.2, 0.25) is 0 Å². The van der Waals surface area contributed by atoms with Gasteiger partial charge in [0, 0.05) is 37.9 Å². The molecule has 0 radical (unpaired) electrons. The van der Waals surface area contributed by atoms with E-state index < -0.39 is 5.54 Å². The summed E-state index contributed by atoms with van der Waals surface area (Å²) in [5.74, 6) is 1.07. The molecule has 1 aromatic heterocycles. The van der Waals surface area contributed by atoms with E-state index in [1.165, 1.54) is 0 Å². The normalized spacial score (nSPS) is 19.9. The van der Waals surface area contributed by atoms with Crippen LogP contribution in [-0.2, 0) is 0 Å². The number of nitrogens with zero attached hydrogens (tertiary/aromatic N) is 3. The van der Waals surface area contributed by atoms with E-state index in [1.807, 2.05) is 25.3 Å². The second kappa shape index (κ2) is 7.02. The smallest absolute Gasteiger partial charge is 0.128 e. The molecular formula is C15H26N4O. The van der Waals surface area contributed by atoms with Gasteiger partial charge >= 0.3 is 0 Å². The Labute approximate surface area is 121 Å². The summed E-state index contributed by atoms with van der Waals surface area (Å²) in [6.07, 6.45) is 3.75. The van der Waals surface area contributed by atoms with Crippen molar-refractivity contribution in [2.24, 2.45) is 5.73 Å². The first-order valence-electron chi connectivity index (χ1n) is 7.39. The third-order valence-electron chi connectivity index (χ3n) is 3.93. The molecule has 0 amide bonds. The van der Waals surface area contributed by atoms with Gasteiger partial charge in [0.05, 0.1) is 6.61 Å². The molecule has 1 unspecified atom stereocenters. The number of pyridine rings is 1. The minimum Gasteiger partial charge on any atom is -0.394 e. The summed E-state index contributed by atoms with van der Waals surface area (Å²) < 4.78 is 0. The molecule has 2 rings (SSSR count). The van der Waals surface area contributed by atoms with E-state index in [4.69, 9.17) is 10.8 Å². The Hall–Kier alpha value is -1.17. The van der Waals surface area contributed by atoms with Crippen molar-refractivity contribution < 1.29 is 5.11 Å². The first kappa shape index (κ1) is 15.2. The number of hydrogen-bond acceptors (Lipinski definition) is 5. The summed E-state index contributed by atoms with van der Waals surface area (Å²) in [5, 5.41) is 9.14. The third-order valence-corrected chi connectivity index (χ3v) is 3.93. The molecule has 1 aliphatic rings. The molecule has 2 heterocycles. The predicted molar refractivity (Wildman–Crippen MR) is 81.8 cm³/mol. The fourth-order valence-corrected chi connectivity index (χ4v) is 2.53. The van der Waals surface area contributed by atoms with Gasteiger partial charge in [-0.05, 0) is 38.4 Å². The van der Waals surface area contributed by atoms with Crippen molar-refractivity contribution in [3.8, 4) is 0 Å². The Morgan fingerprint density at radius 2 is 2.05 bits per heavy atom. The lowest BCUT2D eigenvalue weighted by Gasteiger charge is -2.35. The maximum atomic E-state index is 9.14. The molecule has 0 aromatic carbocycles. The minimum atomic E-state index is -0.435. The van der Waals surface area contributed by atoms with Crippen molar-refractivity contribution in [3.05, 3.63) is 24.4 Å². The highest BCUT2D eigenvalue weighted by atomic mass is 16.3. The molecule has 112 valence electrons. The molecule has 1 atom stereocenters. The molecule has 1 fully saturated rings. The molecule has 1 aliphatic heterocycles. The monoisotopic (exact) mass is 278 g/mol. The summed E-state index contributed by atoms with van der Waals surface area (Å²) >= 11 is 0. The van der Waals surface area contributed by atoms with Crippen molar-refractivity contribution in [2.45, 2.75) is 25.3 Å². The van der Waals surface area contributed by atoms with Gasteiger partial charge in [-0.2, -0.15) is 0 Å². The summed E-state index contributed by atoms with van der Waals surface area (Å²) in [6, 6.07) is 6.05. The van der Waals surface area contributed by atoms with Crippen LogP contribution in [0.5, 0.6) is 0 Å². The fourth-order valence-electron chi connectivity index (χ4n) is 2.53. The SMILES string of the molecule is CC(N)(CO)CCCN1CCN(c2ccccn2)CC1. The number of rotatable bonds is 6. The van der Waals surface area contributed by atoms with Crippen LogP contribution in [-0.4, -0.2) is 59.9 Å². The average molecular weight is 278 g/mol. The first-order valence-corrected chi connectivity index (χ1v) is 7.39. The molecule has 1 saturated heterocycles. The number of aromatic nitrogens is 1. The van der Waals surface area contributed by atoms with Crippen molar-refractivity contribution in [2.75, 3.05) is 44.2 Å². The summed E-state index contributed by atoms with van der Waals surface area (Å²) in [7, 11) is 0. The first-order chi connectivity index (χ1) is 9.61. The highest BCUT2D eigenvalue weighted by Crippen LogP contribution is 2.14. The molecule has 0 spiro atoms. The van der Waals surface area contributed by atoms with E-state index >= 15 is 0 Å². The number of aliphatic hydroxyl groups excluding tert-OH is 1. The molecule has 5 nitrogen and oxygen atoms in total. The zero-order valence-corrected chi connectivity index (χ0v) is 12.3. The van der Waals surface area contributed by atoms with E-state index in [-0.39, 0.29) is 6.61 Å². The zero-order chi connectivity index (χ0) is 14.4. The number of nitrogens with two attached hydrogens (primary N) is 1. The molecule has 0 bridgehead atoms. The molecule has 1 aromatic rings. The van der Waals surface area contributed by atoms with Gasteiger partial charge in [0.1, 0.15) is 5.82 Å². The van der Waals surface area contributed by atoms with Crippen LogP contribution in [0, 0.1) is 0 Å². The van der Waals surface area contributed by atoms with E-state index in [0.29, 0.717) is 0 Å². The second-order valence-corrected chi connectivity index (χ2v) is 5.93. The quantitative estimate of drug-likeness (QED) is 0.801. The lowest BCUT2D eigenvalue weighted by Crippen LogP contribution is -2.47. The number of piperazine rings is 1. The van der Waals surface area contributed by atoms with Crippen molar-refractivity contribution >= 4 is 5.82 Å². The topological polar surface area (TPSA) is 65.6 Å². The molecule has 0 saturated carbocycles. The van der Waals surface area contributed by atoms with E-state index in [0.717, 1.165) is 51.4 Å². The lowest BCUT2D eigenvalue weighted by molar-refractivity contribution is 0.186. The third kappa shape index (κ3) is 4.44. The van der Waals surface area contributed by atoms with Gasteiger partial charge in [-0.15, -0.1) is 0 Å². The summed E-state index contributed by atoms with van der Waals surface area (Å²) in [6.45, 7) is 7.21. The van der Waals surface area contributed by atoms with E-state index in [9.17, 15) is 0 Å². The largest absolute Gasteiger partial charge is 0.394 e. The van der Waals surface area contributed by atoms with Crippen molar-refractivity contribution in [3.63, 3.8) is 0 Å². The number of aliphatic hydroxyl groups is 1. The Kier molecular flexibility index (Phi) is 5.34. The zero-order valence-electron chi connectivity index (χ0n) is 12.3. The molecule has 3 N–H and O–H groups in total. The van der Waals surface area contributed by atoms with Crippen molar-refractivity contribution in [1.29, 1.82) is 0 Å². The molecule has 0 aliphatic carbocycles. The van der Waals surface area contributed by atoms with Crippen LogP contribution in [0.25, 0.3) is 0 Å². The van der Waals surface area contributed by atoms with Gasteiger partial charge in [0.15, 0.2) is 0 Å². The predicted octanol–water partition coefficient (Wildman–Crippen LogP) is 0.693. The molecule has 5 heteroatoms. The Morgan fingerprint density at radius 1 is 1.30 bits per heavy atom. The van der Waals surface area contributed by atoms with E-state index in [1.54, 1.807) is 0 Å². The van der Waals surface area contributed by atoms with E-state index in [2.05, 4.69) is 20.9 Å². The van der Waals surface area contributed by atoms with Crippen LogP contribution in [0.1, 0.15) is 19.8 Å². The van der Waals surface area contributed by atoms with Crippen LogP contribution >= 0.6 is 0 Å². The van der Waals surface area contributed by atoms with Gasteiger partial charge in [0.2, 0.25) is 0 Å². The van der Waals surface area contributed by atoms with Gasteiger partial charge in [-0.3, -0.25) is 4.90 Å². The van der Waals surface area contributed by atoms with Gasteiger partial charge in [-0.1, -0.05) is 6.07 Å². The maximum Gasteiger partial charge on any atom is 0.128 e. The van der Waals surface area contributed by atoms with Crippen molar-refractivity contribution in [1.82, 2.24) is 9.88 Å². The Bertz CT molecular complexity index is 388. The fraction of sp³-hybridized carbons (Fsp3) is 0.667. The van der Waals surface area contributed by atoms with Gasteiger partial charge in [-0.25, -0.2) is 4.98 Å². The number of anilines is 1. The Morgan fingerprint density at radius 3 is 2.65 bits per heavy atom. The average Bonchev–Trinajstić information content (AvgIpc) is 2.49. The standard InChI is InChI=1S/C15H26N4O/c1-15(16,13-20)6-4-8-18-9-11-19(12-10-18)14-5-2-3-7-17-14/h2-3,5,7,20H,4,6,8-13,16H2,1H3. The molecular weight excluding hydrogens is 252 g/mol. The molecule has 20 heavy (non-hydrogen) atoms. The maximum absolute atomic E-state index is 9.14. The minimum absolute atomic E-state index is 0.0560. The number of hydrogen-bond donors (Lipinski definition) is 2. The highest BCUT2D eigenvalue weighted by molar-refractivity contribution is 5.38. The summed E-state index contributed by atoms with van der Waals surface area (Å²) in [4.78, 5) is 9.19.